The Bertz CT molecular complexity index is 1270. The number of aryl methyl sites for hydroxylation is 2. The molecule has 174 valence electrons. The standard InChI is InChI=1S/C24H24ClN3O5.Na.H/c1-14-13-28(2)23(32)21(22(14)31)27-24(33)26-19(12-20(29)30)17-7-3-5-15(10-17)9-16-6-4-8-18(25)11-16;;/h3-8,10-11,13,19,31H,9,12H2,1-2H3,(H,29,30)(H2,26,27,33);;/q;+1;-1. The second-order valence-corrected chi connectivity index (χ2v) is 8.19. The van der Waals surface area contributed by atoms with Crippen molar-refractivity contribution in [2.24, 2.45) is 7.05 Å². The van der Waals surface area contributed by atoms with Crippen LogP contribution in [0, 0.1) is 6.92 Å². The van der Waals surface area contributed by atoms with Gasteiger partial charge in [0.05, 0.1) is 12.5 Å². The van der Waals surface area contributed by atoms with Crippen LogP contribution in [0.2, 0.25) is 5.02 Å². The second-order valence-electron chi connectivity index (χ2n) is 7.75. The van der Waals surface area contributed by atoms with Gasteiger partial charge in [-0.3, -0.25) is 9.59 Å². The number of nitrogens with zero attached hydrogens (tertiary/aromatic N) is 1. The van der Waals surface area contributed by atoms with Crippen LogP contribution in [0.4, 0.5) is 10.5 Å². The van der Waals surface area contributed by atoms with E-state index in [-0.39, 0.29) is 48.8 Å². The molecular formula is C24H25ClN3NaO5. The summed E-state index contributed by atoms with van der Waals surface area (Å²) in [4.78, 5) is 36.4. The number of nitrogens with one attached hydrogen (secondary N) is 2. The van der Waals surface area contributed by atoms with Crippen LogP contribution in [0.15, 0.2) is 59.5 Å². The maximum atomic E-state index is 12.6. The summed E-state index contributed by atoms with van der Waals surface area (Å²) in [6.45, 7) is 1.59. The molecule has 4 N–H and O–H groups in total. The Morgan fingerprint density at radius 3 is 2.44 bits per heavy atom. The van der Waals surface area contributed by atoms with E-state index in [4.69, 9.17) is 11.6 Å². The second kappa shape index (κ2) is 12.1. The third-order valence-electron chi connectivity index (χ3n) is 5.11. The number of aliphatic carboxylic acids is 1. The van der Waals surface area contributed by atoms with Gasteiger partial charge in [0.25, 0.3) is 5.56 Å². The van der Waals surface area contributed by atoms with E-state index < -0.39 is 23.6 Å². The molecule has 0 aliphatic carbocycles. The number of carbonyl (C=O) groups is 2. The number of benzene rings is 2. The molecule has 2 aromatic carbocycles. The predicted octanol–water partition coefficient (Wildman–Crippen LogP) is 1.10. The SMILES string of the molecule is Cc1cn(C)c(=O)c(NC(=O)NC(CC(=O)O)c2cccc(Cc3cccc(Cl)c3)c2)c1O.[H-].[Na+]. The molecule has 0 fully saturated rings. The number of amides is 2. The van der Waals surface area contributed by atoms with Crippen molar-refractivity contribution >= 4 is 29.3 Å². The molecule has 0 aliphatic rings. The first kappa shape index (κ1) is 27.5. The molecule has 0 spiro atoms. The number of anilines is 1. The maximum Gasteiger partial charge on any atom is 1.00 e. The summed E-state index contributed by atoms with van der Waals surface area (Å²) in [7, 11) is 1.50. The molecule has 0 bridgehead atoms. The fourth-order valence-electron chi connectivity index (χ4n) is 3.53. The van der Waals surface area contributed by atoms with Crippen LogP contribution in [0.5, 0.6) is 5.75 Å². The molecule has 1 aromatic heterocycles. The Morgan fingerprint density at radius 1 is 1.15 bits per heavy atom. The topological polar surface area (TPSA) is 121 Å². The number of aromatic hydroxyl groups is 1. The zero-order valence-electron chi connectivity index (χ0n) is 20.1. The molecule has 0 radical (unpaired) electrons. The van der Waals surface area contributed by atoms with E-state index in [0.29, 0.717) is 22.6 Å². The molecule has 0 saturated carbocycles. The first-order valence-electron chi connectivity index (χ1n) is 10.2. The summed E-state index contributed by atoms with van der Waals surface area (Å²) in [5.74, 6) is -1.44. The van der Waals surface area contributed by atoms with Crippen molar-refractivity contribution in [1.29, 1.82) is 0 Å². The number of carboxylic acids is 1. The Morgan fingerprint density at radius 2 is 1.79 bits per heavy atom. The largest absolute Gasteiger partial charge is 1.00 e. The summed E-state index contributed by atoms with van der Waals surface area (Å²) in [5.41, 5.74) is 2.03. The number of rotatable bonds is 7. The van der Waals surface area contributed by atoms with Gasteiger partial charge in [-0.05, 0) is 42.2 Å². The Labute approximate surface area is 225 Å². The van der Waals surface area contributed by atoms with Crippen LogP contribution in [0.1, 0.15) is 36.1 Å². The van der Waals surface area contributed by atoms with Gasteiger partial charge in [-0.25, -0.2) is 4.79 Å². The van der Waals surface area contributed by atoms with Crippen LogP contribution in [-0.4, -0.2) is 26.8 Å². The van der Waals surface area contributed by atoms with Gasteiger partial charge in [0.15, 0.2) is 5.69 Å². The van der Waals surface area contributed by atoms with E-state index in [1.165, 1.54) is 17.8 Å². The number of hydrogen-bond donors (Lipinski definition) is 4. The fourth-order valence-corrected chi connectivity index (χ4v) is 3.75. The molecule has 0 saturated heterocycles. The van der Waals surface area contributed by atoms with Crippen LogP contribution < -0.4 is 45.8 Å². The quantitative estimate of drug-likeness (QED) is 0.367. The van der Waals surface area contributed by atoms with Crippen molar-refractivity contribution in [3.8, 4) is 5.75 Å². The van der Waals surface area contributed by atoms with Crippen molar-refractivity contribution in [1.82, 2.24) is 9.88 Å². The van der Waals surface area contributed by atoms with Crippen molar-refractivity contribution in [3.05, 3.63) is 92.4 Å². The first-order valence-corrected chi connectivity index (χ1v) is 10.5. The van der Waals surface area contributed by atoms with Crippen LogP contribution in [-0.2, 0) is 18.3 Å². The molecule has 8 nitrogen and oxygen atoms in total. The molecule has 10 heteroatoms. The zero-order valence-corrected chi connectivity index (χ0v) is 21.9. The summed E-state index contributed by atoms with van der Waals surface area (Å²) in [5, 5.41) is 25.1. The van der Waals surface area contributed by atoms with E-state index in [1.54, 1.807) is 25.1 Å². The van der Waals surface area contributed by atoms with E-state index in [9.17, 15) is 24.6 Å². The molecular weight excluding hydrogens is 469 g/mol. The minimum atomic E-state index is -1.10. The van der Waals surface area contributed by atoms with E-state index in [2.05, 4.69) is 10.6 Å². The van der Waals surface area contributed by atoms with Gasteiger partial charge in [-0.15, -0.1) is 0 Å². The van der Waals surface area contributed by atoms with Crippen LogP contribution >= 0.6 is 11.6 Å². The maximum absolute atomic E-state index is 12.6. The van der Waals surface area contributed by atoms with E-state index in [0.717, 1.165) is 11.1 Å². The number of hydrogen-bond acceptors (Lipinski definition) is 4. The van der Waals surface area contributed by atoms with Gasteiger partial charge < -0.3 is 26.8 Å². The molecule has 3 aromatic rings. The molecule has 2 amide bonds. The predicted molar refractivity (Wildman–Crippen MR) is 127 cm³/mol. The molecule has 34 heavy (non-hydrogen) atoms. The third-order valence-corrected chi connectivity index (χ3v) is 5.34. The number of carboxylic acid groups (broad SMARTS) is 1. The Kier molecular flexibility index (Phi) is 9.76. The van der Waals surface area contributed by atoms with Gasteiger partial charge in [-0.1, -0.05) is 48.0 Å². The van der Waals surface area contributed by atoms with Gasteiger partial charge in [0, 0.05) is 23.8 Å². The van der Waals surface area contributed by atoms with E-state index >= 15 is 0 Å². The minimum Gasteiger partial charge on any atom is -1.00 e. The van der Waals surface area contributed by atoms with Gasteiger partial charge >= 0.3 is 41.6 Å². The number of pyridine rings is 1. The average Bonchev–Trinajstić information content (AvgIpc) is 2.75. The van der Waals surface area contributed by atoms with Crippen molar-refractivity contribution in [2.75, 3.05) is 5.32 Å². The van der Waals surface area contributed by atoms with Crippen LogP contribution in [0.3, 0.4) is 0 Å². The van der Waals surface area contributed by atoms with E-state index in [1.807, 2.05) is 30.3 Å². The number of carbonyl (C=O) groups excluding carboxylic acids is 1. The van der Waals surface area contributed by atoms with Crippen LogP contribution in [0.25, 0.3) is 0 Å². The molecule has 0 aliphatic heterocycles. The van der Waals surface area contributed by atoms with Gasteiger partial charge in [0.2, 0.25) is 0 Å². The monoisotopic (exact) mass is 493 g/mol. The molecule has 1 heterocycles. The normalized spacial score (nSPS) is 11.3. The Balaban J connectivity index is 0.00000306. The fraction of sp³-hybridized carbons (Fsp3) is 0.208. The van der Waals surface area contributed by atoms with Gasteiger partial charge in [0.1, 0.15) is 5.75 Å². The summed E-state index contributed by atoms with van der Waals surface area (Å²) in [6.07, 6.45) is 1.65. The third kappa shape index (κ3) is 7.11. The first-order chi connectivity index (χ1) is 15.6. The minimum absolute atomic E-state index is 0. The zero-order chi connectivity index (χ0) is 24.1. The summed E-state index contributed by atoms with van der Waals surface area (Å²) in [6, 6.07) is 13.0. The summed E-state index contributed by atoms with van der Waals surface area (Å²) < 4.78 is 1.23. The average molecular weight is 494 g/mol. The molecule has 1 atom stereocenters. The summed E-state index contributed by atoms with van der Waals surface area (Å²) >= 11 is 6.05. The van der Waals surface area contributed by atoms with Gasteiger partial charge in [-0.2, -0.15) is 0 Å². The number of urea groups is 1. The Hall–Kier alpha value is -2.78. The molecule has 1 unspecified atom stereocenters. The number of aromatic nitrogens is 1. The van der Waals surface area contributed by atoms with Crippen molar-refractivity contribution in [3.63, 3.8) is 0 Å². The molecule has 3 rings (SSSR count). The smallest absolute Gasteiger partial charge is 1.00 e. The number of halogens is 1. The van der Waals surface area contributed by atoms with Crippen molar-refractivity contribution < 1.29 is 50.8 Å². The van der Waals surface area contributed by atoms with Crippen molar-refractivity contribution in [2.45, 2.75) is 25.8 Å².